The number of hydrogen-bond donors (Lipinski definition) is 2. The van der Waals surface area contributed by atoms with E-state index >= 15 is 0 Å². The van der Waals surface area contributed by atoms with Crippen LogP contribution < -0.4 is 15.0 Å². The normalized spacial score (nSPS) is 10.9. The number of hydrogen-bond acceptors (Lipinski definition) is 10. The van der Waals surface area contributed by atoms with Crippen molar-refractivity contribution < 1.29 is 42.9 Å². The lowest BCUT2D eigenvalue weighted by Crippen LogP contribution is -2.38. The van der Waals surface area contributed by atoms with Crippen LogP contribution in [0.5, 0.6) is 5.75 Å². The SMILES string of the molecule is CCOC(=O)COc1ccc(C(=O)[C@H](C)NC(=O)c2ccc(N(C=N)C(=O)OCCOC(=O)CC)cc2)cc1. The van der Waals surface area contributed by atoms with Gasteiger partial charge in [-0.05, 0) is 62.4 Å². The summed E-state index contributed by atoms with van der Waals surface area (Å²) in [6.07, 6.45) is 0.102. The highest BCUT2D eigenvalue weighted by atomic mass is 16.6. The van der Waals surface area contributed by atoms with Gasteiger partial charge in [0, 0.05) is 17.5 Å². The van der Waals surface area contributed by atoms with Crippen molar-refractivity contribution >= 4 is 41.7 Å². The minimum absolute atomic E-state index is 0.103. The zero-order valence-corrected chi connectivity index (χ0v) is 21.9. The van der Waals surface area contributed by atoms with Gasteiger partial charge in [-0.2, -0.15) is 0 Å². The largest absolute Gasteiger partial charge is 0.482 e. The summed E-state index contributed by atoms with van der Waals surface area (Å²) in [5.74, 6) is -1.38. The van der Waals surface area contributed by atoms with E-state index in [1.165, 1.54) is 48.5 Å². The van der Waals surface area contributed by atoms with Gasteiger partial charge < -0.3 is 24.3 Å². The summed E-state index contributed by atoms with van der Waals surface area (Å²) >= 11 is 0. The second-order valence-corrected chi connectivity index (χ2v) is 7.91. The van der Waals surface area contributed by atoms with Crippen LogP contribution in [0.1, 0.15) is 47.9 Å². The van der Waals surface area contributed by atoms with E-state index in [4.69, 9.17) is 24.4 Å². The van der Waals surface area contributed by atoms with Gasteiger partial charge in [-0.25, -0.2) is 14.5 Å². The third-order valence-corrected chi connectivity index (χ3v) is 5.14. The molecule has 0 aromatic heterocycles. The first-order chi connectivity index (χ1) is 18.7. The number of ketones is 1. The van der Waals surface area contributed by atoms with Crippen LogP contribution >= 0.6 is 0 Å². The number of nitrogens with one attached hydrogen (secondary N) is 2. The van der Waals surface area contributed by atoms with E-state index in [0.717, 1.165) is 11.2 Å². The maximum Gasteiger partial charge on any atom is 0.419 e. The van der Waals surface area contributed by atoms with Crippen LogP contribution in [-0.2, 0) is 23.8 Å². The first-order valence-electron chi connectivity index (χ1n) is 12.2. The number of rotatable bonds is 14. The van der Waals surface area contributed by atoms with Crippen LogP contribution in [0, 0.1) is 5.41 Å². The molecule has 0 fully saturated rings. The van der Waals surface area contributed by atoms with Crippen molar-refractivity contribution in [1.82, 2.24) is 5.32 Å². The van der Waals surface area contributed by atoms with Crippen LogP contribution in [0.3, 0.4) is 0 Å². The maximum atomic E-state index is 12.8. The van der Waals surface area contributed by atoms with E-state index in [2.05, 4.69) is 5.32 Å². The van der Waals surface area contributed by atoms with Gasteiger partial charge in [0.15, 0.2) is 12.4 Å². The number of anilines is 1. The molecule has 0 bridgehead atoms. The lowest BCUT2D eigenvalue weighted by Gasteiger charge is -2.17. The van der Waals surface area contributed by atoms with E-state index in [1.807, 2.05) is 0 Å². The van der Waals surface area contributed by atoms with Crippen molar-refractivity contribution in [3.63, 3.8) is 0 Å². The average molecular weight is 542 g/mol. The average Bonchev–Trinajstić information content (AvgIpc) is 2.94. The minimum Gasteiger partial charge on any atom is -0.482 e. The Morgan fingerprint density at radius 2 is 1.49 bits per heavy atom. The first-order valence-corrected chi connectivity index (χ1v) is 12.2. The van der Waals surface area contributed by atoms with Gasteiger partial charge in [0.05, 0.1) is 24.7 Å². The van der Waals surface area contributed by atoms with Crippen molar-refractivity contribution in [1.29, 1.82) is 5.41 Å². The summed E-state index contributed by atoms with van der Waals surface area (Å²) in [4.78, 5) is 61.1. The minimum atomic E-state index is -0.855. The van der Waals surface area contributed by atoms with Crippen LogP contribution in [0.25, 0.3) is 0 Å². The number of carbonyl (C=O) groups is 5. The molecule has 2 N–H and O–H groups in total. The monoisotopic (exact) mass is 541 g/mol. The second kappa shape index (κ2) is 15.5. The molecule has 1 atom stereocenters. The second-order valence-electron chi connectivity index (χ2n) is 7.91. The van der Waals surface area contributed by atoms with E-state index in [1.54, 1.807) is 20.8 Å². The van der Waals surface area contributed by atoms with Crippen molar-refractivity contribution in [2.24, 2.45) is 0 Å². The van der Waals surface area contributed by atoms with E-state index in [0.29, 0.717) is 11.3 Å². The van der Waals surface area contributed by atoms with Crippen LogP contribution in [0.4, 0.5) is 10.5 Å². The Bertz CT molecular complexity index is 1160. The highest BCUT2D eigenvalue weighted by molar-refractivity contribution is 6.06. The fourth-order valence-electron chi connectivity index (χ4n) is 3.12. The molecule has 208 valence electrons. The third-order valence-electron chi connectivity index (χ3n) is 5.14. The quantitative estimate of drug-likeness (QED) is 0.0914. The van der Waals surface area contributed by atoms with Gasteiger partial charge in [-0.15, -0.1) is 0 Å². The molecule has 0 aliphatic heterocycles. The molecule has 2 aromatic rings. The predicted octanol–water partition coefficient (Wildman–Crippen LogP) is 3.13. The molecular weight excluding hydrogens is 510 g/mol. The summed E-state index contributed by atoms with van der Waals surface area (Å²) in [5, 5.41) is 10.1. The molecular formula is C27H31N3O9. The number of benzene rings is 2. The van der Waals surface area contributed by atoms with Crippen molar-refractivity contribution in [2.45, 2.75) is 33.2 Å². The molecule has 0 heterocycles. The predicted molar refractivity (Wildman–Crippen MR) is 140 cm³/mol. The van der Waals surface area contributed by atoms with Gasteiger partial charge in [0.2, 0.25) is 0 Å². The zero-order chi connectivity index (χ0) is 28.8. The van der Waals surface area contributed by atoms with Crippen molar-refractivity contribution in [2.75, 3.05) is 31.3 Å². The van der Waals surface area contributed by atoms with Gasteiger partial charge >= 0.3 is 18.0 Å². The Hall–Kier alpha value is -4.74. The standard InChI is InChI=1S/C27H31N3O9/c1-4-23(31)37-14-15-38-27(35)30(17-28)21-10-6-20(7-11-21)26(34)29-18(3)25(33)19-8-12-22(13-9-19)39-16-24(32)36-5-2/h6-13,17-18,28H,4-5,14-16H2,1-3H3,(H,29,34)/t18-/m0/s1. The highest BCUT2D eigenvalue weighted by Gasteiger charge is 2.20. The topological polar surface area (TPSA) is 161 Å². The van der Waals surface area contributed by atoms with Crippen molar-refractivity contribution in [3.8, 4) is 5.75 Å². The van der Waals surface area contributed by atoms with Crippen LogP contribution in [-0.4, -0.2) is 68.5 Å². The third kappa shape index (κ3) is 9.58. The van der Waals surface area contributed by atoms with Gasteiger partial charge in [-0.1, -0.05) is 6.92 Å². The molecule has 0 saturated carbocycles. The van der Waals surface area contributed by atoms with Crippen molar-refractivity contribution in [3.05, 3.63) is 59.7 Å². The molecule has 0 aliphatic rings. The van der Waals surface area contributed by atoms with Gasteiger partial charge in [0.25, 0.3) is 5.91 Å². The number of ether oxygens (including phenoxy) is 4. The lowest BCUT2D eigenvalue weighted by molar-refractivity contribution is -0.145. The Morgan fingerprint density at radius 1 is 0.872 bits per heavy atom. The molecule has 0 aliphatic carbocycles. The molecule has 12 nitrogen and oxygen atoms in total. The van der Waals surface area contributed by atoms with E-state index in [-0.39, 0.29) is 49.9 Å². The number of esters is 2. The molecule has 39 heavy (non-hydrogen) atoms. The molecule has 0 saturated heterocycles. The van der Waals surface area contributed by atoms with Crippen LogP contribution in [0.2, 0.25) is 0 Å². The maximum absolute atomic E-state index is 12.8. The molecule has 0 radical (unpaired) electrons. The summed E-state index contributed by atoms with van der Waals surface area (Å²) in [5.41, 5.74) is 0.837. The smallest absolute Gasteiger partial charge is 0.419 e. The Morgan fingerprint density at radius 3 is 2.08 bits per heavy atom. The van der Waals surface area contributed by atoms with Crippen LogP contribution in [0.15, 0.2) is 48.5 Å². The highest BCUT2D eigenvalue weighted by Crippen LogP contribution is 2.17. The molecule has 2 rings (SSSR count). The summed E-state index contributed by atoms with van der Waals surface area (Å²) in [7, 11) is 0. The van der Waals surface area contributed by atoms with Gasteiger partial charge in [0.1, 0.15) is 19.0 Å². The molecule has 0 unspecified atom stereocenters. The Balaban J connectivity index is 1.91. The van der Waals surface area contributed by atoms with Gasteiger partial charge in [-0.3, -0.25) is 19.8 Å². The first kappa shape index (κ1) is 30.5. The molecule has 0 spiro atoms. The Labute approximate surface area is 225 Å². The molecule has 2 aromatic carbocycles. The van der Waals surface area contributed by atoms with E-state index < -0.39 is 30.0 Å². The number of amides is 2. The summed E-state index contributed by atoms with van der Waals surface area (Å²) in [6.45, 7) is 4.60. The summed E-state index contributed by atoms with van der Waals surface area (Å²) in [6, 6.07) is 11.0. The number of Topliss-reactive ketones (excluding diaryl/α,β-unsaturated/α-hetero) is 1. The lowest BCUT2D eigenvalue weighted by atomic mass is 10.0. The molecule has 2 amide bonds. The fourth-order valence-corrected chi connectivity index (χ4v) is 3.12. The fraction of sp³-hybridized carbons (Fsp3) is 0.333. The Kier molecular flexibility index (Phi) is 12.1. The molecule has 12 heteroatoms. The zero-order valence-electron chi connectivity index (χ0n) is 21.9. The number of nitrogens with zero attached hydrogens (tertiary/aromatic N) is 1. The number of carbonyl (C=O) groups excluding carboxylic acids is 5. The van der Waals surface area contributed by atoms with E-state index in [9.17, 15) is 24.0 Å². The summed E-state index contributed by atoms with van der Waals surface area (Å²) < 4.78 is 19.9.